The molecule has 100 valence electrons. The molecule has 0 radical (unpaired) electrons. The molecule has 7 heteroatoms. The Morgan fingerprint density at radius 1 is 1.58 bits per heavy atom. The molecule has 0 aliphatic heterocycles. The normalized spacial score (nSPS) is 12.1. The molecule has 0 fully saturated rings. The number of imidazole rings is 1. The van der Waals surface area contributed by atoms with E-state index in [-0.39, 0.29) is 11.7 Å². The first-order valence-electron chi connectivity index (χ1n) is 5.82. The second kappa shape index (κ2) is 5.71. The van der Waals surface area contributed by atoms with Crippen LogP contribution in [0, 0.1) is 10.1 Å². The van der Waals surface area contributed by atoms with Crippen LogP contribution < -0.4 is 5.32 Å². The molecule has 0 bridgehead atoms. The molecule has 1 aromatic carbocycles. The molecule has 0 saturated carbocycles. The van der Waals surface area contributed by atoms with Crippen LogP contribution in [-0.4, -0.2) is 14.9 Å². The van der Waals surface area contributed by atoms with Crippen molar-refractivity contribution in [1.82, 2.24) is 9.97 Å². The van der Waals surface area contributed by atoms with Crippen molar-refractivity contribution in [2.75, 3.05) is 5.32 Å². The molecule has 19 heavy (non-hydrogen) atoms. The SMILES string of the molecule is CCC(Nc1c(Cl)cccc1[N+](=O)[O-])c1ncc[nH]1. The molecular weight excluding hydrogens is 268 g/mol. The third-order valence-electron chi connectivity index (χ3n) is 2.76. The Labute approximate surface area is 115 Å². The van der Waals surface area contributed by atoms with Gasteiger partial charge in [-0.15, -0.1) is 0 Å². The lowest BCUT2D eigenvalue weighted by atomic mass is 10.2. The van der Waals surface area contributed by atoms with Crippen molar-refractivity contribution in [1.29, 1.82) is 0 Å². The summed E-state index contributed by atoms with van der Waals surface area (Å²) < 4.78 is 0. The molecule has 1 heterocycles. The zero-order valence-electron chi connectivity index (χ0n) is 10.3. The Hall–Kier alpha value is -2.08. The monoisotopic (exact) mass is 280 g/mol. The van der Waals surface area contributed by atoms with Crippen LogP contribution in [0.5, 0.6) is 0 Å². The van der Waals surface area contributed by atoms with Gasteiger partial charge in [0.15, 0.2) is 0 Å². The molecule has 0 amide bonds. The molecule has 0 spiro atoms. The van der Waals surface area contributed by atoms with Gasteiger partial charge in [-0.1, -0.05) is 24.6 Å². The lowest BCUT2D eigenvalue weighted by molar-refractivity contribution is -0.384. The number of aromatic nitrogens is 2. The van der Waals surface area contributed by atoms with Crippen LogP contribution in [0.15, 0.2) is 30.6 Å². The van der Waals surface area contributed by atoms with Crippen molar-refractivity contribution in [3.63, 3.8) is 0 Å². The van der Waals surface area contributed by atoms with Gasteiger partial charge in [0.2, 0.25) is 0 Å². The van der Waals surface area contributed by atoms with E-state index in [1.54, 1.807) is 24.5 Å². The summed E-state index contributed by atoms with van der Waals surface area (Å²) in [4.78, 5) is 17.7. The van der Waals surface area contributed by atoms with E-state index in [2.05, 4.69) is 15.3 Å². The maximum atomic E-state index is 11.0. The van der Waals surface area contributed by atoms with E-state index in [0.29, 0.717) is 10.7 Å². The molecular formula is C12H13ClN4O2. The van der Waals surface area contributed by atoms with Crippen molar-refractivity contribution >= 4 is 23.0 Å². The van der Waals surface area contributed by atoms with Gasteiger partial charge in [0.1, 0.15) is 11.5 Å². The van der Waals surface area contributed by atoms with Gasteiger partial charge in [0.05, 0.1) is 16.0 Å². The van der Waals surface area contributed by atoms with Crippen LogP contribution in [0.1, 0.15) is 25.2 Å². The summed E-state index contributed by atoms with van der Waals surface area (Å²) in [5.41, 5.74) is 0.273. The first kappa shape index (κ1) is 13.4. The minimum atomic E-state index is -0.455. The van der Waals surface area contributed by atoms with Gasteiger partial charge in [-0.25, -0.2) is 4.98 Å². The number of para-hydroxylation sites is 1. The summed E-state index contributed by atoms with van der Waals surface area (Å²) in [7, 11) is 0. The van der Waals surface area contributed by atoms with Gasteiger partial charge in [0.25, 0.3) is 5.69 Å². The Bertz CT molecular complexity index is 571. The second-order valence-corrected chi connectivity index (χ2v) is 4.38. The van der Waals surface area contributed by atoms with Gasteiger partial charge in [0, 0.05) is 18.5 Å². The van der Waals surface area contributed by atoms with Crippen molar-refractivity contribution in [3.05, 3.63) is 51.6 Å². The first-order chi connectivity index (χ1) is 9.13. The highest BCUT2D eigenvalue weighted by molar-refractivity contribution is 6.33. The van der Waals surface area contributed by atoms with E-state index in [1.165, 1.54) is 6.07 Å². The number of anilines is 1. The minimum absolute atomic E-state index is 0.0440. The highest BCUT2D eigenvalue weighted by Crippen LogP contribution is 2.34. The molecule has 6 nitrogen and oxygen atoms in total. The van der Waals surface area contributed by atoms with Crippen molar-refractivity contribution in [2.24, 2.45) is 0 Å². The average Bonchev–Trinajstić information content (AvgIpc) is 2.90. The zero-order chi connectivity index (χ0) is 13.8. The molecule has 0 saturated heterocycles. The molecule has 0 aliphatic rings. The van der Waals surface area contributed by atoms with Gasteiger partial charge in [-0.05, 0) is 12.5 Å². The van der Waals surface area contributed by atoms with E-state index < -0.39 is 4.92 Å². The fourth-order valence-corrected chi connectivity index (χ4v) is 2.04. The predicted molar refractivity (Wildman–Crippen MR) is 73.3 cm³/mol. The predicted octanol–water partition coefficient (Wildman–Crippen LogP) is 3.53. The van der Waals surface area contributed by atoms with E-state index >= 15 is 0 Å². The van der Waals surface area contributed by atoms with Crippen LogP contribution in [0.25, 0.3) is 0 Å². The van der Waals surface area contributed by atoms with Crippen molar-refractivity contribution < 1.29 is 4.92 Å². The van der Waals surface area contributed by atoms with Crippen molar-refractivity contribution in [3.8, 4) is 0 Å². The van der Waals surface area contributed by atoms with E-state index in [4.69, 9.17) is 11.6 Å². The summed E-state index contributed by atoms with van der Waals surface area (Å²) in [6.45, 7) is 1.96. The molecule has 1 aromatic heterocycles. The Morgan fingerprint density at radius 2 is 2.37 bits per heavy atom. The summed E-state index contributed by atoms with van der Waals surface area (Å²) in [5, 5.41) is 14.4. The standard InChI is InChI=1S/C12H13ClN4O2/c1-2-9(12-14-6-7-15-12)16-11-8(13)4-3-5-10(11)17(18)19/h3-7,9,16H,2H2,1H3,(H,14,15). The zero-order valence-corrected chi connectivity index (χ0v) is 11.0. The van der Waals surface area contributed by atoms with Gasteiger partial charge in [-0.2, -0.15) is 0 Å². The van der Waals surface area contributed by atoms with Gasteiger partial charge >= 0.3 is 0 Å². The lowest BCUT2D eigenvalue weighted by Gasteiger charge is -2.17. The van der Waals surface area contributed by atoms with Gasteiger partial charge in [-0.3, -0.25) is 10.1 Å². The molecule has 2 aromatic rings. The number of nitrogens with zero attached hydrogens (tertiary/aromatic N) is 2. The number of H-pyrrole nitrogens is 1. The van der Waals surface area contributed by atoms with Crippen LogP contribution >= 0.6 is 11.6 Å². The van der Waals surface area contributed by atoms with Crippen LogP contribution in [0.2, 0.25) is 5.02 Å². The molecule has 2 N–H and O–H groups in total. The number of benzene rings is 1. The van der Waals surface area contributed by atoms with Crippen LogP contribution in [-0.2, 0) is 0 Å². The maximum absolute atomic E-state index is 11.0. The Balaban J connectivity index is 2.34. The van der Waals surface area contributed by atoms with E-state index in [1.807, 2.05) is 6.92 Å². The molecule has 0 aliphatic carbocycles. The molecule has 1 atom stereocenters. The summed E-state index contributed by atoms with van der Waals surface area (Å²) in [5.74, 6) is 0.719. The summed E-state index contributed by atoms with van der Waals surface area (Å²) >= 11 is 6.04. The quantitative estimate of drug-likeness (QED) is 0.648. The summed E-state index contributed by atoms with van der Waals surface area (Å²) in [6, 6.07) is 4.43. The fraction of sp³-hybridized carbons (Fsp3) is 0.250. The first-order valence-corrected chi connectivity index (χ1v) is 6.20. The lowest BCUT2D eigenvalue weighted by Crippen LogP contribution is -2.12. The number of nitro groups is 1. The maximum Gasteiger partial charge on any atom is 0.293 e. The van der Waals surface area contributed by atoms with Crippen molar-refractivity contribution in [2.45, 2.75) is 19.4 Å². The van der Waals surface area contributed by atoms with Crippen LogP contribution in [0.4, 0.5) is 11.4 Å². The third-order valence-corrected chi connectivity index (χ3v) is 3.08. The highest BCUT2D eigenvalue weighted by atomic mass is 35.5. The second-order valence-electron chi connectivity index (χ2n) is 3.97. The number of aromatic amines is 1. The fourth-order valence-electron chi connectivity index (χ4n) is 1.81. The molecule has 2 rings (SSSR count). The van der Waals surface area contributed by atoms with E-state index in [0.717, 1.165) is 12.2 Å². The number of hydrogen-bond donors (Lipinski definition) is 2. The number of nitro benzene ring substituents is 1. The Morgan fingerprint density at radius 3 is 2.95 bits per heavy atom. The average molecular weight is 281 g/mol. The summed E-state index contributed by atoms with van der Waals surface area (Å²) in [6.07, 6.45) is 4.07. The topological polar surface area (TPSA) is 83.8 Å². The minimum Gasteiger partial charge on any atom is -0.368 e. The number of rotatable bonds is 5. The number of halogens is 1. The van der Waals surface area contributed by atoms with Crippen LogP contribution in [0.3, 0.4) is 0 Å². The Kier molecular flexibility index (Phi) is 4.01. The van der Waals surface area contributed by atoms with E-state index in [9.17, 15) is 10.1 Å². The largest absolute Gasteiger partial charge is 0.368 e. The third kappa shape index (κ3) is 2.85. The number of nitrogens with one attached hydrogen (secondary N) is 2. The highest BCUT2D eigenvalue weighted by Gasteiger charge is 2.21. The molecule has 1 unspecified atom stereocenters. The smallest absolute Gasteiger partial charge is 0.293 e. The van der Waals surface area contributed by atoms with Gasteiger partial charge < -0.3 is 10.3 Å². The number of hydrogen-bond acceptors (Lipinski definition) is 4.